The number of aliphatic hydroxyl groups excluding tert-OH is 1. The van der Waals surface area contributed by atoms with E-state index < -0.39 is 15.6 Å². The zero-order valence-electron chi connectivity index (χ0n) is 44.4. The Morgan fingerprint density at radius 2 is 1.09 bits per heavy atom. The maximum Gasteiger partial charge on any atom is 0.234 e. The van der Waals surface area contributed by atoms with E-state index in [1.807, 2.05) is 23.5 Å². The fraction of sp³-hybridized carbons (Fsp3) is 0.294. The number of piperidine rings is 1. The topological polar surface area (TPSA) is 77.4 Å². The first-order valence-electron chi connectivity index (χ1n) is 27.6. The molecule has 0 aromatic heterocycles. The number of fused-ring (bicyclic) bond motifs is 3. The molecule has 2 fully saturated rings. The highest BCUT2D eigenvalue weighted by Crippen LogP contribution is 2.51. The number of benzene rings is 8. The van der Waals surface area contributed by atoms with Crippen LogP contribution in [-0.4, -0.2) is 96.1 Å². The van der Waals surface area contributed by atoms with Crippen molar-refractivity contribution in [1.82, 2.24) is 15.1 Å². The van der Waals surface area contributed by atoms with Crippen molar-refractivity contribution < 1.29 is 14.7 Å². The van der Waals surface area contributed by atoms with Gasteiger partial charge in [0, 0.05) is 49.1 Å². The summed E-state index contributed by atoms with van der Waals surface area (Å²) < 4.78 is -0.943. The molecule has 2 unspecified atom stereocenters. The molecule has 2 aliphatic rings. The molecule has 10 rings (SSSR count). The van der Waals surface area contributed by atoms with Crippen molar-refractivity contribution in [2.75, 3.05) is 51.3 Å². The molecule has 0 radical (unpaired) electrons. The fourth-order valence-electron chi connectivity index (χ4n) is 12.7. The molecule has 2 aliphatic heterocycles. The normalized spacial score (nSPS) is 18.9. The van der Waals surface area contributed by atoms with Crippen LogP contribution in [0.1, 0.15) is 77.5 Å². The van der Waals surface area contributed by atoms with E-state index in [1.165, 1.54) is 49.7 Å². The van der Waals surface area contributed by atoms with E-state index in [1.54, 1.807) is 7.11 Å². The second kappa shape index (κ2) is 25.8. The van der Waals surface area contributed by atoms with Crippen LogP contribution in [0.3, 0.4) is 0 Å². The zero-order chi connectivity index (χ0) is 52.9. The van der Waals surface area contributed by atoms with Crippen molar-refractivity contribution >= 4 is 45.9 Å². The summed E-state index contributed by atoms with van der Waals surface area (Å²) in [5.41, 5.74) is 9.58. The van der Waals surface area contributed by atoms with Gasteiger partial charge in [-0.2, -0.15) is 0 Å². The van der Waals surface area contributed by atoms with E-state index in [9.17, 15) is 9.90 Å². The molecular formula is C68H72N4O3S2. The van der Waals surface area contributed by atoms with Crippen LogP contribution in [-0.2, 0) is 19.1 Å². The van der Waals surface area contributed by atoms with Crippen molar-refractivity contribution in [2.45, 2.75) is 66.2 Å². The number of carbonyl (C=O) groups is 1. The first-order chi connectivity index (χ1) is 37.9. The molecule has 0 aliphatic carbocycles. The van der Waals surface area contributed by atoms with Crippen molar-refractivity contribution in [1.29, 1.82) is 0 Å². The number of oxime groups is 1. The molecule has 5 atom stereocenters. The molecule has 77 heavy (non-hydrogen) atoms. The van der Waals surface area contributed by atoms with E-state index in [-0.39, 0.29) is 36.4 Å². The maximum absolute atomic E-state index is 14.5. The summed E-state index contributed by atoms with van der Waals surface area (Å²) in [5.74, 6) is 1.71. The molecule has 8 aromatic rings. The number of amides is 1. The van der Waals surface area contributed by atoms with Gasteiger partial charge in [0.15, 0.2) is 0 Å². The molecule has 9 heteroatoms. The molecule has 0 spiro atoms. The van der Waals surface area contributed by atoms with E-state index in [0.717, 1.165) is 50.2 Å². The molecule has 7 nitrogen and oxygen atoms in total. The quantitative estimate of drug-likeness (QED) is 0.0270. The average molecular weight is 1060 g/mol. The van der Waals surface area contributed by atoms with Crippen LogP contribution in [0.4, 0.5) is 0 Å². The van der Waals surface area contributed by atoms with Gasteiger partial charge in [0.05, 0.1) is 27.9 Å². The van der Waals surface area contributed by atoms with E-state index in [4.69, 9.17) is 4.84 Å². The van der Waals surface area contributed by atoms with Crippen LogP contribution in [0, 0.1) is 5.92 Å². The minimum atomic E-state index is -0.480. The second-order valence-electron chi connectivity index (χ2n) is 20.5. The van der Waals surface area contributed by atoms with Crippen molar-refractivity contribution in [3.8, 4) is 0 Å². The number of nitrogens with one attached hydrogen (secondary N) is 1. The van der Waals surface area contributed by atoms with Crippen molar-refractivity contribution in [3.63, 3.8) is 0 Å². The largest absolute Gasteiger partial charge is 0.399 e. The third-order valence-corrected chi connectivity index (χ3v) is 19.1. The maximum atomic E-state index is 14.5. The Bertz CT molecular complexity index is 2940. The van der Waals surface area contributed by atoms with Crippen LogP contribution in [0.15, 0.2) is 230 Å². The summed E-state index contributed by atoms with van der Waals surface area (Å²) in [4.78, 5) is 24.9. The fourth-order valence-corrected chi connectivity index (χ4v) is 15.6. The molecular weight excluding hydrogens is 985 g/mol. The molecule has 0 saturated carbocycles. The summed E-state index contributed by atoms with van der Waals surface area (Å²) in [5, 5.41) is 22.5. The number of rotatable bonds is 24. The number of carbonyl (C=O) groups excluding carboxylic acids is 1. The van der Waals surface area contributed by atoms with Crippen LogP contribution in [0.2, 0.25) is 0 Å². The highest BCUT2D eigenvalue weighted by Gasteiger charge is 2.53. The van der Waals surface area contributed by atoms with Gasteiger partial charge in [0.25, 0.3) is 0 Å². The number of hydrogen-bond donors (Lipinski definition) is 2. The Hall–Kier alpha value is -6.46. The lowest BCUT2D eigenvalue weighted by atomic mass is 9.72. The minimum absolute atomic E-state index is 0.00231. The third-order valence-electron chi connectivity index (χ3n) is 16.1. The lowest BCUT2D eigenvalue weighted by Crippen LogP contribution is -2.53. The highest BCUT2D eigenvalue weighted by molar-refractivity contribution is 8.00. The lowest BCUT2D eigenvalue weighted by Gasteiger charge is -2.46. The average Bonchev–Trinajstić information content (AvgIpc) is 3.75. The second-order valence-corrected chi connectivity index (χ2v) is 23.1. The Labute approximate surface area is 465 Å². The zero-order valence-corrected chi connectivity index (χ0v) is 46.1. The number of nitrogens with zero attached hydrogens (tertiary/aromatic N) is 3. The predicted molar refractivity (Wildman–Crippen MR) is 322 cm³/mol. The first kappa shape index (κ1) is 53.9. The van der Waals surface area contributed by atoms with Crippen LogP contribution < -0.4 is 5.32 Å². The molecule has 8 aromatic carbocycles. The SMILES string of the molecule is CCC(=NOC)[C@@H]1C2[C@H](O)CC(C[C@@H]1c1ccc3ccccc3c1)N2CCCN(CCSC(c1ccccc1)(c1ccccc1)c1ccccc1)CC(=O)NCCSC(c1ccccc1)(c1ccccc1)c1ccccc1. The number of aliphatic hydroxyl groups is 1. The van der Waals surface area contributed by atoms with Crippen LogP contribution >= 0.6 is 23.5 Å². The first-order valence-corrected chi connectivity index (χ1v) is 29.5. The highest BCUT2D eigenvalue weighted by atomic mass is 32.2. The number of thioether (sulfide) groups is 2. The Balaban J connectivity index is 0.894. The summed E-state index contributed by atoms with van der Waals surface area (Å²) in [6.07, 6.45) is 2.77. The van der Waals surface area contributed by atoms with Gasteiger partial charge < -0.3 is 15.3 Å². The van der Waals surface area contributed by atoms with Gasteiger partial charge >= 0.3 is 0 Å². The smallest absolute Gasteiger partial charge is 0.234 e. The molecule has 1 amide bonds. The van der Waals surface area contributed by atoms with Gasteiger partial charge in [0.1, 0.15) is 7.11 Å². The van der Waals surface area contributed by atoms with E-state index in [2.05, 4.69) is 252 Å². The van der Waals surface area contributed by atoms with Crippen molar-refractivity contribution in [3.05, 3.63) is 263 Å². The summed E-state index contributed by atoms with van der Waals surface area (Å²) in [6, 6.07) is 80.4. The van der Waals surface area contributed by atoms with Crippen LogP contribution in [0.25, 0.3) is 10.8 Å². The summed E-state index contributed by atoms with van der Waals surface area (Å²) >= 11 is 3.81. The van der Waals surface area contributed by atoms with E-state index in [0.29, 0.717) is 18.8 Å². The van der Waals surface area contributed by atoms with Gasteiger partial charge in [-0.25, -0.2) is 0 Å². The molecule has 2 bridgehead atoms. The molecule has 2 heterocycles. The number of hydrogen-bond acceptors (Lipinski definition) is 8. The minimum Gasteiger partial charge on any atom is -0.399 e. The third kappa shape index (κ3) is 11.9. The van der Waals surface area contributed by atoms with Gasteiger partial charge in [0.2, 0.25) is 5.91 Å². The van der Waals surface area contributed by atoms with Gasteiger partial charge in [-0.3, -0.25) is 14.6 Å². The Kier molecular flexibility index (Phi) is 18.1. The predicted octanol–water partition coefficient (Wildman–Crippen LogP) is 13.4. The standard InChI is InChI=1S/C68H72N4O3S2/c1-3-62(70-75-2)65-61(53-40-39-51-25-22-23-26-52(51)47-53)48-60-49-63(73)66(65)72(60)43-24-42-71(44-46-77-68(57-33-16-7-17-34-57,58-35-18-8-19-36-58)59-37-20-9-21-38-59)50-64(74)69-41-45-76-67(54-27-10-4-11-28-54,55-29-12-5-13-30-55)56-31-14-6-15-32-56/h4-23,25-40,47,60-61,63,65-66,73H,3,24,41-46,48-50H2,1-2H3,(H,69,74)/t60?,61-,63-,65-,66?/m1/s1. The molecule has 394 valence electrons. The molecule has 2 N–H and O–H groups in total. The van der Waals surface area contributed by atoms with E-state index >= 15 is 0 Å². The monoisotopic (exact) mass is 1060 g/mol. The van der Waals surface area contributed by atoms with Crippen LogP contribution in [0.5, 0.6) is 0 Å². The Morgan fingerprint density at radius 3 is 1.57 bits per heavy atom. The lowest BCUT2D eigenvalue weighted by molar-refractivity contribution is -0.122. The van der Waals surface area contributed by atoms with Gasteiger partial charge in [-0.1, -0.05) is 237 Å². The van der Waals surface area contributed by atoms with Gasteiger partial charge in [-0.05, 0) is 87.9 Å². The van der Waals surface area contributed by atoms with Crippen molar-refractivity contribution in [2.24, 2.45) is 11.1 Å². The summed E-state index contributed by atoms with van der Waals surface area (Å²) in [7, 11) is 1.63. The van der Waals surface area contributed by atoms with Gasteiger partial charge in [-0.15, -0.1) is 23.5 Å². The Morgan fingerprint density at radius 1 is 0.623 bits per heavy atom. The molecule has 2 saturated heterocycles. The summed E-state index contributed by atoms with van der Waals surface area (Å²) in [6.45, 7) is 5.21.